The fourth-order valence-corrected chi connectivity index (χ4v) is 3.28. The quantitative estimate of drug-likeness (QED) is 0.597. The van der Waals surface area contributed by atoms with Gasteiger partial charge in [0.1, 0.15) is 34.4 Å². The molecule has 1 atom stereocenters. The Morgan fingerprint density at radius 3 is 2.48 bits per heavy atom. The molecule has 2 aromatic heterocycles. The number of carbonyl (C=O) groups is 1. The van der Waals surface area contributed by atoms with Gasteiger partial charge in [0.2, 0.25) is 5.91 Å². The fraction of sp³-hybridized carbons (Fsp3) is 0.348. The standard InChI is InChI=1S/C23H27NO5/c1-15-13-20(16(2)28-15)23(3,26)14-24-22(25)12-10-19-9-11-21(29-19)17-5-7-18(27-4)8-6-17/h5-9,11,13,26H,10,12,14H2,1-4H3,(H,24,25). The predicted molar refractivity (Wildman–Crippen MR) is 110 cm³/mol. The first-order valence-electron chi connectivity index (χ1n) is 9.58. The molecular weight excluding hydrogens is 370 g/mol. The van der Waals surface area contributed by atoms with Gasteiger partial charge >= 0.3 is 0 Å². The summed E-state index contributed by atoms with van der Waals surface area (Å²) in [6, 6.07) is 13.2. The molecule has 154 valence electrons. The van der Waals surface area contributed by atoms with Crippen molar-refractivity contribution in [2.45, 2.75) is 39.2 Å². The molecule has 0 aliphatic rings. The van der Waals surface area contributed by atoms with E-state index >= 15 is 0 Å². The topological polar surface area (TPSA) is 84.8 Å². The van der Waals surface area contributed by atoms with E-state index in [9.17, 15) is 9.90 Å². The zero-order chi connectivity index (χ0) is 21.0. The zero-order valence-corrected chi connectivity index (χ0v) is 17.2. The van der Waals surface area contributed by atoms with Crippen LogP contribution in [0.25, 0.3) is 11.3 Å². The first-order chi connectivity index (χ1) is 13.8. The minimum absolute atomic E-state index is 0.112. The average Bonchev–Trinajstić information content (AvgIpc) is 3.31. The summed E-state index contributed by atoms with van der Waals surface area (Å²) >= 11 is 0. The van der Waals surface area contributed by atoms with Crippen LogP contribution in [-0.4, -0.2) is 24.7 Å². The van der Waals surface area contributed by atoms with Crippen LogP contribution in [0.1, 0.15) is 36.2 Å². The van der Waals surface area contributed by atoms with E-state index in [-0.39, 0.29) is 18.9 Å². The van der Waals surface area contributed by atoms with Gasteiger partial charge in [-0.1, -0.05) is 0 Å². The Morgan fingerprint density at radius 2 is 1.86 bits per heavy atom. The molecule has 1 aromatic carbocycles. The normalized spacial score (nSPS) is 13.1. The van der Waals surface area contributed by atoms with Crippen LogP contribution in [0.3, 0.4) is 0 Å². The number of furan rings is 2. The number of amides is 1. The molecule has 0 bridgehead atoms. The Hall–Kier alpha value is -2.99. The van der Waals surface area contributed by atoms with Crippen LogP contribution in [0.5, 0.6) is 5.75 Å². The van der Waals surface area contributed by atoms with E-state index in [4.69, 9.17) is 13.6 Å². The second-order valence-corrected chi connectivity index (χ2v) is 7.37. The lowest BCUT2D eigenvalue weighted by molar-refractivity contribution is -0.122. The van der Waals surface area contributed by atoms with Crippen LogP contribution in [0, 0.1) is 13.8 Å². The molecule has 1 unspecified atom stereocenters. The van der Waals surface area contributed by atoms with Crippen molar-refractivity contribution in [2.24, 2.45) is 0 Å². The predicted octanol–water partition coefficient (Wildman–Crippen LogP) is 4.12. The monoisotopic (exact) mass is 397 g/mol. The van der Waals surface area contributed by atoms with Crippen molar-refractivity contribution < 1.29 is 23.5 Å². The Bertz CT molecular complexity index is 966. The van der Waals surface area contributed by atoms with Gasteiger partial charge < -0.3 is 24.0 Å². The minimum atomic E-state index is -1.19. The Morgan fingerprint density at radius 1 is 1.14 bits per heavy atom. The van der Waals surface area contributed by atoms with Crippen LogP contribution in [-0.2, 0) is 16.8 Å². The van der Waals surface area contributed by atoms with Crippen molar-refractivity contribution in [3.05, 3.63) is 65.3 Å². The van der Waals surface area contributed by atoms with Gasteiger partial charge in [-0.15, -0.1) is 0 Å². The lowest BCUT2D eigenvalue weighted by Crippen LogP contribution is -2.38. The molecule has 6 nitrogen and oxygen atoms in total. The van der Waals surface area contributed by atoms with Crippen molar-refractivity contribution >= 4 is 5.91 Å². The minimum Gasteiger partial charge on any atom is -0.497 e. The van der Waals surface area contributed by atoms with Crippen molar-refractivity contribution in [2.75, 3.05) is 13.7 Å². The van der Waals surface area contributed by atoms with E-state index in [1.807, 2.05) is 43.3 Å². The number of carbonyl (C=O) groups excluding carboxylic acids is 1. The van der Waals surface area contributed by atoms with Gasteiger partial charge in [-0.05, 0) is 63.2 Å². The number of hydrogen-bond acceptors (Lipinski definition) is 5. The van der Waals surface area contributed by atoms with Gasteiger partial charge in [0.25, 0.3) is 0 Å². The summed E-state index contributed by atoms with van der Waals surface area (Å²) < 4.78 is 16.5. The van der Waals surface area contributed by atoms with Gasteiger partial charge in [-0.25, -0.2) is 0 Å². The molecular formula is C23H27NO5. The third-order valence-corrected chi connectivity index (χ3v) is 4.89. The molecule has 0 radical (unpaired) electrons. The SMILES string of the molecule is COc1ccc(-c2ccc(CCC(=O)NCC(C)(O)c3cc(C)oc3C)o2)cc1. The van der Waals surface area contributed by atoms with Crippen molar-refractivity contribution in [3.63, 3.8) is 0 Å². The molecule has 0 aliphatic carbocycles. The van der Waals surface area contributed by atoms with Crippen LogP contribution >= 0.6 is 0 Å². The lowest BCUT2D eigenvalue weighted by Gasteiger charge is -2.23. The second-order valence-electron chi connectivity index (χ2n) is 7.37. The molecule has 29 heavy (non-hydrogen) atoms. The molecule has 0 saturated carbocycles. The van der Waals surface area contributed by atoms with Crippen LogP contribution in [0.2, 0.25) is 0 Å². The molecule has 0 saturated heterocycles. The van der Waals surface area contributed by atoms with E-state index in [0.717, 1.165) is 28.6 Å². The number of nitrogens with one attached hydrogen (secondary N) is 1. The van der Waals surface area contributed by atoms with E-state index < -0.39 is 5.60 Å². The maximum atomic E-state index is 12.2. The molecule has 0 spiro atoms. The van der Waals surface area contributed by atoms with E-state index in [0.29, 0.717) is 17.7 Å². The number of ether oxygens (including phenoxy) is 1. The van der Waals surface area contributed by atoms with E-state index in [2.05, 4.69) is 5.32 Å². The van der Waals surface area contributed by atoms with E-state index in [1.165, 1.54) is 0 Å². The van der Waals surface area contributed by atoms with Crippen LogP contribution < -0.4 is 10.1 Å². The second kappa shape index (κ2) is 8.57. The van der Waals surface area contributed by atoms with Gasteiger partial charge in [0, 0.05) is 24.0 Å². The third kappa shape index (κ3) is 5.09. The summed E-state index contributed by atoms with van der Waals surface area (Å²) in [5.41, 5.74) is 0.442. The van der Waals surface area contributed by atoms with E-state index in [1.54, 1.807) is 27.0 Å². The summed E-state index contributed by atoms with van der Waals surface area (Å²) in [7, 11) is 1.63. The highest BCUT2D eigenvalue weighted by Crippen LogP contribution is 2.27. The largest absolute Gasteiger partial charge is 0.497 e. The molecule has 2 heterocycles. The Kier molecular flexibility index (Phi) is 6.13. The van der Waals surface area contributed by atoms with Gasteiger partial charge in [0.05, 0.1) is 13.7 Å². The Labute approximate surface area is 170 Å². The first kappa shape index (κ1) is 20.7. The number of aryl methyl sites for hydroxylation is 3. The molecule has 3 aromatic rings. The molecule has 1 amide bonds. The molecule has 2 N–H and O–H groups in total. The highest BCUT2D eigenvalue weighted by molar-refractivity contribution is 5.76. The maximum Gasteiger partial charge on any atom is 0.220 e. The highest BCUT2D eigenvalue weighted by Gasteiger charge is 2.28. The lowest BCUT2D eigenvalue weighted by atomic mass is 9.96. The summed E-state index contributed by atoms with van der Waals surface area (Å²) in [6.45, 7) is 5.41. The zero-order valence-electron chi connectivity index (χ0n) is 17.2. The van der Waals surface area contributed by atoms with Gasteiger partial charge in [-0.3, -0.25) is 4.79 Å². The molecule has 0 aliphatic heterocycles. The maximum absolute atomic E-state index is 12.2. The highest BCUT2D eigenvalue weighted by atomic mass is 16.5. The van der Waals surface area contributed by atoms with Crippen molar-refractivity contribution in [1.29, 1.82) is 0 Å². The summed E-state index contributed by atoms with van der Waals surface area (Å²) in [6.07, 6.45) is 0.753. The average molecular weight is 397 g/mol. The summed E-state index contributed by atoms with van der Waals surface area (Å²) in [5.74, 6) is 3.51. The first-order valence-corrected chi connectivity index (χ1v) is 9.58. The number of benzene rings is 1. The third-order valence-electron chi connectivity index (χ3n) is 4.89. The number of hydrogen-bond donors (Lipinski definition) is 2. The van der Waals surface area contributed by atoms with Gasteiger partial charge in [-0.2, -0.15) is 0 Å². The smallest absolute Gasteiger partial charge is 0.220 e. The van der Waals surface area contributed by atoms with Crippen LogP contribution in [0.4, 0.5) is 0 Å². The summed E-state index contributed by atoms with van der Waals surface area (Å²) in [4.78, 5) is 12.2. The molecule has 0 fully saturated rings. The molecule has 3 rings (SSSR count). The Balaban J connectivity index is 1.52. The fourth-order valence-electron chi connectivity index (χ4n) is 3.28. The van der Waals surface area contributed by atoms with Crippen molar-refractivity contribution in [3.8, 4) is 17.1 Å². The molecule has 6 heteroatoms. The number of aliphatic hydroxyl groups is 1. The van der Waals surface area contributed by atoms with Crippen LogP contribution in [0.15, 0.2) is 51.3 Å². The number of rotatable bonds is 8. The number of methoxy groups -OCH3 is 1. The van der Waals surface area contributed by atoms with Gasteiger partial charge in [0.15, 0.2) is 0 Å². The van der Waals surface area contributed by atoms with Crippen molar-refractivity contribution in [1.82, 2.24) is 5.32 Å². The summed E-state index contributed by atoms with van der Waals surface area (Å²) in [5, 5.41) is 13.5.